The van der Waals surface area contributed by atoms with Crippen LogP contribution < -0.4 is 5.56 Å². The molecular weight excluding hydrogens is 298 g/mol. The molecule has 5 heteroatoms. The minimum Gasteiger partial charge on any atom is -0.477 e. The van der Waals surface area contributed by atoms with Crippen molar-refractivity contribution in [3.05, 3.63) is 44.2 Å². The molecule has 0 bridgehead atoms. The summed E-state index contributed by atoms with van der Waals surface area (Å²) in [5.74, 6) is -1.24. The lowest BCUT2D eigenvalue weighted by Crippen LogP contribution is -2.21. The third kappa shape index (κ3) is 1.95. The van der Waals surface area contributed by atoms with Gasteiger partial charge in [0.2, 0.25) is 0 Å². The zero-order valence-electron chi connectivity index (χ0n) is 9.95. The summed E-state index contributed by atoms with van der Waals surface area (Å²) in [7, 11) is 0. The molecule has 18 heavy (non-hydrogen) atoms. The lowest BCUT2D eigenvalue weighted by molar-refractivity contribution is 0.0693. The van der Waals surface area contributed by atoms with E-state index in [1.807, 2.05) is 32.0 Å². The van der Waals surface area contributed by atoms with Gasteiger partial charge >= 0.3 is 5.97 Å². The van der Waals surface area contributed by atoms with E-state index in [9.17, 15) is 14.7 Å². The number of benzene rings is 1. The molecule has 0 radical (unpaired) electrons. The number of aromatic amines is 1. The number of carboxylic acids is 1. The number of carbonyl (C=O) groups is 1. The molecule has 1 heterocycles. The number of rotatable bonds is 2. The van der Waals surface area contributed by atoms with Crippen LogP contribution in [0.4, 0.5) is 0 Å². The van der Waals surface area contributed by atoms with Gasteiger partial charge < -0.3 is 10.1 Å². The van der Waals surface area contributed by atoms with Crippen molar-refractivity contribution in [1.82, 2.24) is 4.98 Å². The molecule has 2 N–H and O–H groups in total. The zero-order valence-corrected chi connectivity index (χ0v) is 11.5. The van der Waals surface area contributed by atoms with Crippen molar-refractivity contribution in [2.24, 2.45) is 0 Å². The van der Waals surface area contributed by atoms with Gasteiger partial charge in [-0.1, -0.05) is 26.0 Å². The highest BCUT2D eigenvalue weighted by atomic mass is 79.9. The number of hydrogen-bond donors (Lipinski definition) is 2. The fourth-order valence-electron chi connectivity index (χ4n) is 2.12. The lowest BCUT2D eigenvalue weighted by atomic mass is 9.94. The van der Waals surface area contributed by atoms with Gasteiger partial charge in [-0.15, -0.1) is 0 Å². The Hall–Kier alpha value is -1.62. The molecule has 0 saturated heterocycles. The van der Waals surface area contributed by atoms with Crippen molar-refractivity contribution in [3.63, 3.8) is 0 Å². The second-order valence-electron chi connectivity index (χ2n) is 4.37. The predicted octanol–water partition coefficient (Wildman–Crippen LogP) is 3.11. The molecular formula is C13H12BrNO3. The number of aromatic nitrogens is 1. The molecule has 4 nitrogen and oxygen atoms in total. The minimum atomic E-state index is -1.19. The number of halogens is 1. The van der Waals surface area contributed by atoms with Crippen molar-refractivity contribution >= 4 is 32.8 Å². The van der Waals surface area contributed by atoms with Crippen LogP contribution in [0.15, 0.2) is 27.5 Å². The van der Waals surface area contributed by atoms with Crippen LogP contribution in [-0.4, -0.2) is 16.1 Å². The Morgan fingerprint density at radius 1 is 1.39 bits per heavy atom. The lowest BCUT2D eigenvalue weighted by Gasteiger charge is -2.13. The first-order valence-corrected chi connectivity index (χ1v) is 6.30. The van der Waals surface area contributed by atoms with Gasteiger partial charge in [-0.3, -0.25) is 4.79 Å². The van der Waals surface area contributed by atoms with E-state index in [1.54, 1.807) is 0 Å². The number of carboxylic acid groups (broad SMARTS) is 1. The first-order chi connectivity index (χ1) is 8.43. The summed E-state index contributed by atoms with van der Waals surface area (Å²) in [5.41, 5.74) is 0.472. The number of aromatic carboxylic acids is 1. The second kappa shape index (κ2) is 4.57. The summed E-state index contributed by atoms with van der Waals surface area (Å²) in [6.07, 6.45) is 0. The molecule has 1 aromatic carbocycles. The Morgan fingerprint density at radius 3 is 2.61 bits per heavy atom. The van der Waals surface area contributed by atoms with Crippen LogP contribution in [0.3, 0.4) is 0 Å². The van der Waals surface area contributed by atoms with E-state index in [-0.39, 0.29) is 11.5 Å². The summed E-state index contributed by atoms with van der Waals surface area (Å²) < 4.78 is 0.746. The van der Waals surface area contributed by atoms with Crippen molar-refractivity contribution in [2.75, 3.05) is 0 Å². The smallest absolute Gasteiger partial charge is 0.341 e. The van der Waals surface area contributed by atoms with Gasteiger partial charge in [0.1, 0.15) is 5.56 Å². The van der Waals surface area contributed by atoms with Gasteiger partial charge in [-0.2, -0.15) is 0 Å². The van der Waals surface area contributed by atoms with E-state index in [4.69, 9.17) is 0 Å². The monoisotopic (exact) mass is 309 g/mol. The van der Waals surface area contributed by atoms with Crippen LogP contribution in [0.25, 0.3) is 10.9 Å². The van der Waals surface area contributed by atoms with E-state index in [0.29, 0.717) is 11.1 Å². The van der Waals surface area contributed by atoms with E-state index in [1.165, 1.54) is 0 Å². The highest BCUT2D eigenvalue weighted by molar-refractivity contribution is 9.10. The number of nitrogens with one attached hydrogen (secondary N) is 1. The molecule has 0 spiro atoms. The summed E-state index contributed by atoms with van der Waals surface area (Å²) in [4.78, 5) is 25.8. The summed E-state index contributed by atoms with van der Waals surface area (Å²) >= 11 is 3.36. The molecule has 94 valence electrons. The Bertz CT molecular complexity index is 688. The Kier molecular flexibility index (Phi) is 3.26. The number of pyridine rings is 1. The largest absolute Gasteiger partial charge is 0.477 e. The number of H-pyrrole nitrogens is 1. The molecule has 0 amide bonds. The SMILES string of the molecule is CC(C)c1c(C(=O)O)c(=O)[nH]c2c(Br)cccc12. The number of fused-ring (bicyclic) bond motifs is 1. The molecule has 0 atom stereocenters. The first-order valence-electron chi connectivity index (χ1n) is 5.51. The van der Waals surface area contributed by atoms with Crippen LogP contribution in [0.1, 0.15) is 35.7 Å². The molecule has 0 fully saturated rings. The normalized spacial score (nSPS) is 11.1. The van der Waals surface area contributed by atoms with Gasteiger partial charge in [0, 0.05) is 9.86 Å². The summed E-state index contributed by atoms with van der Waals surface area (Å²) in [6.45, 7) is 3.75. The molecule has 0 aliphatic rings. The Balaban J connectivity index is 3.04. The maximum atomic E-state index is 11.9. The molecule has 0 aliphatic heterocycles. The maximum Gasteiger partial charge on any atom is 0.341 e. The molecule has 2 aromatic rings. The van der Waals surface area contributed by atoms with Gasteiger partial charge in [0.15, 0.2) is 0 Å². The van der Waals surface area contributed by atoms with E-state index < -0.39 is 11.5 Å². The highest BCUT2D eigenvalue weighted by Gasteiger charge is 2.21. The van der Waals surface area contributed by atoms with E-state index in [2.05, 4.69) is 20.9 Å². The topological polar surface area (TPSA) is 70.2 Å². The van der Waals surface area contributed by atoms with Crippen molar-refractivity contribution in [3.8, 4) is 0 Å². The fraction of sp³-hybridized carbons (Fsp3) is 0.231. The average Bonchev–Trinajstić information content (AvgIpc) is 2.28. The standard InChI is InChI=1S/C13H12BrNO3/c1-6(2)9-7-4-3-5-8(14)11(7)15-12(16)10(9)13(17)18/h3-6H,1-2H3,(H,15,16)(H,17,18). The van der Waals surface area contributed by atoms with Gasteiger partial charge in [-0.05, 0) is 33.5 Å². The third-order valence-corrected chi connectivity index (χ3v) is 3.49. The van der Waals surface area contributed by atoms with Crippen LogP contribution in [0.2, 0.25) is 0 Å². The summed E-state index contributed by atoms with van der Waals surface area (Å²) in [6, 6.07) is 5.45. The van der Waals surface area contributed by atoms with Crippen LogP contribution in [-0.2, 0) is 0 Å². The third-order valence-electron chi connectivity index (χ3n) is 2.83. The van der Waals surface area contributed by atoms with Crippen LogP contribution in [0, 0.1) is 0 Å². The van der Waals surface area contributed by atoms with Gasteiger partial charge in [0.05, 0.1) is 5.52 Å². The van der Waals surface area contributed by atoms with E-state index >= 15 is 0 Å². The fourth-order valence-corrected chi connectivity index (χ4v) is 2.59. The number of para-hydroxylation sites is 1. The quantitative estimate of drug-likeness (QED) is 0.895. The maximum absolute atomic E-state index is 11.9. The van der Waals surface area contributed by atoms with E-state index in [0.717, 1.165) is 9.86 Å². The molecule has 1 aromatic heterocycles. The second-order valence-corrected chi connectivity index (χ2v) is 5.22. The Labute approximate surface area is 112 Å². The Morgan fingerprint density at radius 2 is 2.06 bits per heavy atom. The average molecular weight is 310 g/mol. The van der Waals surface area contributed by atoms with Gasteiger partial charge in [-0.25, -0.2) is 4.79 Å². The first kappa shape index (κ1) is 12.8. The van der Waals surface area contributed by atoms with Crippen LogP contribution in [0.5, 0.6) is 0 Å². The number of hydrogen-bond acceptors (Lipinski definition) is 2. The van der Waals surface area contributed by atoms with Crippen molar-refractivity contribution in [2.45, 2.75) is 19.8 Å². The van der Waals surface area contributed by atoms with Crippen LogP contribution >= 0.6 is 15.9 Å². The minimum absolute atomic E-state index is 0.0461. The van der Waals surface area contributed by atoms with Crippen molar-refractivity contribution < 1.29 is 9.90 Å². The van der Waals surface area contributed by atoms with Gasteiger partial charge in [0.25, 0.3) is 5.56 Å². The zero-order chi connectivity index (χ0) is 13.4. The highest BCUT2D eigenvalue weighted by Crippen LogP contribution is 2.29. The molecule has 0 aliphatic carbocycles. The predicted molar refractivity (Wildman–Crippen MR) is 73.3 cm³/mol. The summed E-state index contributed by atoms with van der Waals surface area (Å²) in [5, 5.41) is 9.95. The van der Waals surface area contributed by atoms with Crippen molar-refractivity contribution in [1.29, 1.82) is 0 Å². The molecule has 2 rings (SSSR count). The molecule has 0 unspecified atom stereocenters. The molecule has 0 saturated carbocycles.